The molecule has 2 aliphatic heterocycles. The second kappa shape index (κ2) is 6.99. The first-order valence-corrected chi connectivity index (χ1v) is 10.8. The van der Waals surface area contributed by atoms with Gasteiger partial charge in [0.25, 0.3) is 0 Å². The minimum atomic E-state index is 0.0322. The number of benzene rings is 1. The van der Waals surface area contributed by atoms with E-state index >= 15 is 0 Å². The number of likely N-dealkylation sites (tertiary alicyclic amines) is 1. The van der Waals surface area contributed by atoms with Gasteiger partial charge in [-0.3, -0.25) is 4.90 Å². The molecule has 0 spiro atoms. The third kappa shape index (κ3) is 2.99. The molecule has 2 fully saturated rings. The molecular weight excluding hydrogens is 376 g/mol. The molecule has 3 unspecified atom stereocenters. The monoisotopic (exact) mass is 400 g/mol. The van der Waals surface area contributed by atoms with E-state index in [-0.39, 0.29) is 18.0 Å². The Kier molecular flexibility index (Phi) is 4.13. The molecule has 30 heavy (non-hydrogen) atoms. The van der Waals surface area contributed by atoms with Crippen LogP contribution in [0.2, 0.25) is 0 Å². The Morgan fingerprint density at radius 3 is 2.93 bits per heavy atom. The van der Waals surface area contributed by atoms with Crippen LogP contribution in [0.5, 0.6) is 5.75 Å². The lowest BCUT2D eigenvalue weighted by Gasteiger charge is -2.39. The third-order valence-electron chi connectivity index (χ3n) is 6.68. The summed E-state index contributed by atoms with van der Waals surface area (Å²) in [6.07, 6.45) is 5.03. The molecule has 1 aliphatic carbocycles. The summed E-state index contributed by atoms with van der Waals surface area (Å²) < 4.78 is 6.11. The molecule has 0 radical (unpaired) electrons. The average Bonchev–Trinajstić information content (AvgIpc) is 3.35. The second-order valence-corrected chi connectivity index (χ2v) is 8.63. The average molecular weight is 400 g/mol. The number of aromatic nitrogens is 3. The van der Waals surface area contributed by atoms with Crippen LogP contribution < -0.4 is 10.1 Å². The lowest BCUT2D eigenvalue weighted by atomic mass is 9.95. The van der Waals surface area contributed by atoms with Crippen molar-refractivity contribution in [2.75, 3.05) is 25.0 Å². The predicted octanol–water partition coefficient (Wildman–Crippen LogP) is 3.59. The SMILES string of the molecule is N#CC1CCN(C2COc3ccccc3C2Nc2ncnc3[nH]c(C4CC4)cc23)C1. The zero-order valence-electron chi connectivity index (χ0n) is 16.7. The molecule has 2 aromatic heterocycles. The van der Waals surface area contributed by atoms with Gasteiger partial charge in [-0.05, 0) is 37.3 Å². The number of H-pyrrole nitrogens is 1. The normalized spacial score (nSPS) is 26.2. The Hall–Kier alpha value is -3.11. The van der Waals surface area contributed by atoms with E-state index in [2.05, 4.69) is 49.4 Å². The van der Waals surface area contributed by atoms with Crippen molar-refractivity contribution in [2.24, 2.45) is 5.92 Å². The van der Waals surface area contributed by atoms with Crippen LogP contribution >= 0.6 is 0 Å². The van der Waals surface area contributed by atoms with Gasteiger partial charge in [0.1, 0.15) is 30.1 Å². The van der Waals surface area contributed by atoms with Crippen molar-refractivity contribution < 1.29 is 4.74 Å². The van der Waals surface area contributed by atoms with Gasteiger partial charge in [0.05, 0.1) is 29.5 Å². The third-order valence-corrected chi connectivity index (χ3v) is 6.68. The number of fused-ring (bicyclic) bond motifs is 2. The molecule has 2 N–H and O–H groups in total. The number of hydrogen-bond acceptors (Lipinski definition) is 6. The molecular formula is C23H24N6O. The Morgan fingerprint density at radius 1 is 1.20 bits per heavy atom. The molecule has 3 aromatic rings. The van der Waals surface area contributed by atoms with E-state index in [0.717, 1.165) is 47.7 Å². The smallest absolute Gasteiger partial charge is 0.143 e. The number of nitrogens with zero attached hydrogens (tertiary/aromatic N) is 4. The Morgan fingerprint density at radius 2 is 2.10 bits per heavy atom. The molecule has 0 amide bonds. The summed E-state index contributed by atoms with van der Waals surface area (Å²) in [5, 5.41) is 14.1. The van der Waals surface area contributed by atoms with E-state index in [1.807, 2.05) is 12.1 Å². The van der Waals surface area contributed by atoms with Crippen LogP contribution in [0.25, 0.3) is 11.0 Å². The fourth-order valence-corrected chi connectivity index (χ4v) is 4.87. The van der Waals surface area contributed by atoms with Crippen molar-refractivity contribution in [3.05, 3.63) is 47.9 Å². The molecule has 1 saturated carbocycles. The zero-order chi connectivity index (χ0) is 20.1. The summed E-state index contributed by atoms with van der Waals surface area (Å²) in [4.78, 5) is 14.9. The van der Waals surface area contributed by atoms with Gasteiger partial charge in [-0.25, -0.2) is 9.97 Å². The number of ether oxygens (including phenoxy) is 1. The summed E-state index contributed by atoms with van der Waals surface area (Å²) in [5.74, 6) is 2.50. The number of nitrogens with one attached hydrogen (secondary N) is 2. The quantitative estimate of drug-likeness (QED) is 0.696. The van der Waals surface area contributed by atoms with Gasteiger partial charge in [-0.2, -0.15) is 5.26 Å². The summed E-state index contributed by atoms with van der Waals surface area (Å²) >= 11 is 0. The maximum Gasteiger partial charge on any atom is 0.143 e. The maximum absolute atomic E-state index is 9.37. The van der Waals surface area contributed by atoms with Crippen molar-refractivity contribution in [3.63, 3.8) is 0 Å². The fourth-order valence-electron chi connectivity index (χ4n) is 4.87. The first kappa shape index (κ1) is 17.7. The van der Waals surface area contributed by atoms with E-state index in [9.17, 15) is 5.26 Å². The molecule has 4 heterocycles. The standard InChI is InChI=1S/C23H24N6O/c24-10-14-7-8-29(11-14)19-12-30-20-4-2-1-3-16(20)21(19)28-23-17-9-18(15-5-6-15)27-22(17)25-13-26-23/h1-4,9,13-15,19,21H,5-8,11-12H2,(H2,25,26,27,28). The first-order valence-electron chi connectivity index (χ1n) is 10.8. The predicted molar refractivity (Wildman–Crippen MR) is 113 cm³/mol. The van der Waals surface area contributed by atoms with Gasteiger partial charge in [0.2, 0.25) is 0 Å². The van der Waals surface area contributed by atoms with Crippen LogP contribution in [0.3, 0.4) is 0 Å². The molecule has 7 nitrogen and oxygen atoms in total. The number of nitriles is 1. The molecule has 3 aliphatic rings. The molecule has 6 rings (SSSR count). The number of anilines is 1. The topological polar surface area (TPSA) is 89.9 Å². The fraction of sp³-hybridized carbons (Fsp3) is 0.435. The van der Waals surface area contributed by atoms with Crippen LogP contribution in [0, 0.1) is 17.2 Å². The minimum absolute atomic E-state index is 0.0322. The zero-order valence-corrected chi connectivity index (χ0v) is 16.7. The highest BCUT2D eigenvalue weighted by Crippen LogP contribution is 2.42. The van der Waals surface area contributed by atoms with Crippen molar-refractivity contribution in [3.8, 4) is 11.8 Å². The van der Waals surface area contributed by atoms with Crippen LogP contribution in [-0.2, 0) is 0 Å². The minimum Gasteiger partial charge on any atom is -0.491 e. The summed E-state index contributed by atoms with van der Waals surface area (Å²) in [6, 6.07) is 13.0. The second-order valence-electron chi connectivity index (χ2n) is 8.63. The molecule has 7 heteroatoms. The summed E-state index contributed by atoms with van der Waals surface area (Å²) in [5.41, 5.74) is 3.28. The maximum atomic E-state index is 9.37. The summed E-state index contributed by atoms with van der Waals surface area (Å²) in [6.45, 7) is 2.31. The van der Waals surface area contributed by atoms with Gasteiger partial charge < -0.3 is 15.0 Å². The molecule has 1 saturated heterocycles. The first-order chi connectivity index (χ1) is 14.8. The molecule has 0 bridgehead atoms. The van der Waals surface area contributed by atoms with Crippen molar-refractivity contribution in [1.82, 2.24) is 19.9 Å². The van der Waals surface area contributed by atoms with Crippen molar-refractivity contribution in [1.29, 1.82) is 5.26 Å². The van der Waals surface area contributed by atoms with E-state index in [1.165, 1.54) is 18.5 Å². The molecule has 152 valence electrons. The lowest BCUT2D eigenvalue weighted by molar-refractivity contribution is 0.122. The largest absolute Gasteiger partial charge is 0.491 e. The highest BCUT2D eigenvalue weighted by Gasteiger charge is 2.38. The number of aromatic amines is 1. The van der Waals surface area contributed by atoms with E-state index < -0.39 is 0 Å². The molecule has 1 aromatic carbocycles. The highest BCUT2D eigenvalue weighted by molar-refractivity contribution is 5.88. The van der Waals surface area contributed by atoms with Gasteiger partial charge in [-0.15, -0.1) is 0 Å². The van der Waals surface area contributed by atoms with E-state index in [1.54, 1.807) is 6.33 Å². The van der Waals surface area contributed by atoms with Gasteiger partial charge in [0, 0.05) is 24.3 Å². The van der Waals surface area contributed by atoms with Gasteiger partial charge in [-0.1, -0.05) is 18.2 Å². The lowest BCUT2D eigenvalue weighted by Crippen LogP contribution is -2.47. The van der Waals surface area contributed by atoms with E-state index in [4.69, 9.17) is 4.74 Å². The van der Waals surface area contributed by atoms with Crippen LogP contribution in [0.1, 0.15) is 42.5 Å². The van der Waals surface area contributed by atoms with Gasteiger partial charge in [0.15, 0.2) is 0 Å². The number of hydrogen-bond donors (Lipinski definition) is 2. The highest BCUT2D eigenvalue weighted by atomic mass is 16.5. The Bertz CT molecular complexity index is 1130. The van der Waals surface area contributed by atoms with Crippen LogP contribution in [-0.4, -0.2) is 45.6 Å². The Balaban J connectivity index is 1.37. The Labute approximate surface area is 175 Å². The number of para-hydroxylation sites is 1. The van der Waals surface area contributed by atoms with Crippen molar-refractivity contribution in [2.45, 2.75) is 37.3 Å². The number of rotatable bonds is 4. The van der Waals surface area contributed by atoms with E-state index in [0.29, 0.717) is 12.5 Å². The van der Waals surface area contributed by atoms with Crippen LogP contribution in [0.15, 0.2) is 36.7 Å². The van der Waals surface area contributed by atoms with Crippen LogP contribution in [0.4, 0.5) is 5.82 Å². The van der Waals surface area contributed by atoms with Crippen molar-refractivity contribution >= 4 is 16.9 Å². The molecule has 3 atom stereocenters. The van der Waals surface area contributed by atoms with Gasteiger partial charge >= 0.3 is 0 Å². The summed E-state index contributed by atoms with van der Waals surface area (Å²) in [7, 11) is 0.